The maximum atomic E-state index is 5.66. The molecule has 17 heavy (non-hydrogen) atoms. The standard InChI is InChI=1S/C12H15N3S2/c13-4-5-15-10-3-7-16-8-9(10)12(14-15)11-2-1-6-17-11/h1-2,6H,3-5,7-8,13H2. The highest BCUT2D eigenvalue weighted by atomic mass is 32.2. The van der Waals surface area contributed by atoms with Crippen molar-refractivity contribution in [2.24, 2.45) is 5.73 Å². The smallest absolute Gasteiger partial charge is 0.107 e. The predicted molar refractivity (Wildman–Crippen MR) is 74.5 cm³/mol. The van der Waals surface area contributed by atoms with Gasteiger partial charge in [0.1, 0.15) is 5.69 Å². The van der Waals surface area contributed by atoms with E-state index in [2.05, 4.69) is 22.2 Å². The van der Waals surface area contributed by atoms with E-state index in [4.69, 9.17) is 10.8 Å². The summed E-state index contributed by atoms with van der Waals surface area (Å²) >= 11 is 3.76. The molecule has 5 heteroatoms. The summed E-state index contributed by atoms with van der Waals surface area (Å²) in [6.07, 6.45) is 1.12. The molecule has 3 rings (SSSR count). The Morgan fingerprint density at radius 1 is 1.47 bits per heavy atom. The van der Waals surface area contributed by atoms with Crippen LogP contribution < -0.4 is 5.73 Å². The van der Waals surface area contributed by atoms with E-state index in [1.54, 1.807) is 11.3 Å². The highest BCUT2D eigenvalue weighted by molar-refractivity contribution is 7.98. The summed E-state index contributed by atoms with van der Waals surface area (Å²) in [4.78, 5) is 1.28. The Bertz CT molecular complexity index is 502. The minimum Gasteiger partial charge on any atom is -0.329 e. The van der Waals surface area contributed by atoms with Gasteiger partial charge in [0.2, 0.25) is 0 Å². The number of thioether (sulfide) groups is 1. The molecule has 3 heterocycles. The van der Waals surface area contributed by atoms with Crippen molar-refractivity contribution in [3.63, 3.8) is 0 Å². The van der Waals surface area contributed by atoms with Gasteiger partial charge in [0.05, 0.1) is 11.4 Å². The number of hydrogen-bond acceptors (Lipinski definition) is 4. The Morgan fingerprint density at radius 2 is 2.41 bits per heavy atom. The van der Waals surface area contributed by atoms with Crippen LogP contribution in [0, 0.1) is 0 Å². The van der Waals surface area contributed by atoms with Crippen molar-refractivity contribution >= 4 is 23.1 Å². The molecule has 90 valence electrons. The quantitative estimate of drug-likeness (QED) is 0.926. The van der Waals surface area contributed by atoms with Crippen LogP contribution in [0.5, 0.6) is 0 Å². The van der Waals surface area contributed by atoms with Crippen molar-refractivity contribution in [3.8, 4) is 10.6 Å². The van der Waals surface area contributed by atoms with Gasteiger partial charge in [-0.3, -0.25) is 4.68 Å². The lowest BCUT2D eigenvalue weighted by atomic mass is 10.1. The summed E-state index contributed by atoms with van der Waals surface area (Å²) in [6, 6.07) is 4.24. The van der Waals surface area contributed by atoms with Crippen molar-refractivity contribution in [2.45, 2.75) is 18.7 Å². The van der Waals surface area contributed by atoms with Gasteiger partial charge in [0.15, 0.2) is 0 Å². The molecule has 1 aliphatic rings. The van der Waals surface area contributed by atoms with E-state index in [9.17, 15) is 0 Å². The van der Waals surface area contributed by atoms with E-state index < -0.39 is 0 Å². The van der Waals surface area contributed by atoms with Gasteiger partial charge in [-0.25, -0.2) is 0 Å². The van der Waals surface area contributed by atoms with E-state index >= 15 is 0 Å². The molecule has 0 amide bonds. The molecular weight excluding hydrogens is 250 g/mol. The number of thiophene rings is 1. The van der Waals surface area contributed by atoms with Crippen LogP contribution in [0.1, 0.15) is 11.3 Å². The third-order valence-electron chi connectivity index (χ3n) is 2.99. The second kappa shape index (κ2) is 4.84. The average molecular weight is 265 g/mol. The molecule has 0 aromatic carbocycles. The van der Waals surface area contributed by atoms with Crippen LogP contribution in [-0.2, 0) is 18.7 Å². The zero-order chi connectivity index (χ0) is 11.7. The molecule has 2 aromatic rings. The lowest BCUT2D eigenvalue weighted by Gasteiger charge is -2.13. The fraction of sp³-hybridized carbons (Fsp3) is 0.417. The van der Waals surface area contributed by atoms with Gasteiger partial charge in [-0.1, -0.05) is 6.07 Å². The van der Waals surface area contributed by atoms with Crippen LogP contribution in [0.4, 0.5) is 0 Å². The van der Waals surface area contributed by atoms with E-state index in [1.807, 2.05) is 11.8 Å². The largest absolute Gasteiger partial charge is 0.329 e. The second-order valence-electron chi connectivity index (χ2n) is 4.07. The first-order chi connectivity index (χ1) is 8.40. The van der Waals surface area contributed by atoms with Crippen LogP contribution in [-0.4, -0.2) is 22.1 Å². The SMILES string of the molecule is NCCn1nc(-c2cccs2)c2c1CCSC2. The normalized spacial score (nSPS) is 14.9. The van der Waals surface area contributed by atoms with Crippen molar-refractivity contribution in [1.82, 2.24) is 9.78 Å². The second-order valence-corrected chi connectivity index (χ2v) is 6.12. The van der Waals surface area contributed by atoms with Gasteiger partial charge in [0.25, 0.3) is 0 Å². The molecule has 0 unspecified atom stereocenters. The lowest BCUT2D eigenvalue weighted by Crippen LogP contribution is -2.15. The van der Waals surface area contributed by atoms with Gasteiger partial charge in [-0.15, -0.1) is 11.3 Å². The minimum atomic E-state index is 0.658. The lowest BCUT2D eigenvalue weighted by molar-refractivity contribution is 0.597. The predicted octanol–water partition coefficient (Wildman–Crippen LogP) is 2.36. The number of nitrogens with zero attached hydrogens (tertiary/aromatic N) is 2. The number of fused-ring (bicyclic) bond motifs is 1. The zero-order valence-corrected chi connectivity index (χ0v) is 11.2. The Morgan fingerprint density at radius 3 is 3.18 bits per heavy atom. The number of nitrogens with two attached hydrogens (primary N) is 1. The van der Waals surface area contributed by atoms with Crippen LogP contribution in [0.15, 0.2) is 17.5 Å². The molecule has 0 saturated heterocycles. The Labute approximate surface area is 109 Å². The van der Waals surface area contributed by atoms with E-state index in [-0.39, 0.29) is 0 Å². The van der Waals surface area contributed by atoms with E-state index in [0.717, 1.165) is 18.7 Å². The highest BCUT2D eigenvalue weighted by Gasteiger charge is 2.21. The average Bonchev–Trinajstić information content (AvgIpc) is 2.97. The molecule has 2 aromatic heterocycles. The minimum absolute atomic E-state index is 0.658. The van der Waals surface area contributed by atoms with Gasteiger partial charge in [-0.05, 0) is 23.6 Å². The number of rotatable bonds is 3. The number of hydrogen-bond donors (Lipinski definition) is 1. The fourth-order valence-electron chi connectivity index (χ4n) is 2.23. The number of aromatic nitrogens is 2. The van der Waals surface area contributed by atoms with Gasteiger partial charge in [-0.2, -0.15) is 16.9 Å². The van der Waals surface area contributed by atoms with Crippen molar-refractivity contribution in [1.29, 1.82) is 0 Å². The summed E-state index contributed by atoms with van der Waals surface area (Å²) in [5.74, 6) is 2.29. The molecule has 0 radical (unpaired) electrons. The first-order valence-electron chi connectivity index (χ1n) is 5.80. The molecule has 1 aliphatic heterocycles. The molecule has 0 bridgehead atoms. The third kappa shape index (κ3) is 2.03. The molecule has 0 saturated carbocycles. The van der Waals surface area contributed by atoms with Gasteiger partial charge in [0, 0.05) is 23.6 Å². The van der Waals surface area contributed by atoms with E-state index in [1.165, 1.54) is 27.6 Å². The summed E-state index contributed by atoms with van der Waals surface area (Å²) in [7, 11) is 0. The van der Waals surface area contributed by atoms with Crippen LogP contribution in [0.3, 0.4) is 0 Å². The maximum Gasteiger partial charge on any atom is 0.107 e. The van der Waals surface area contributed by atoms with Crippen molar-refractivity contribution < 1.29 is 0 Å². The van der Waals surface area contributed by atoms with Gasteiger partial charge >= 0.3 is 0 Å². The fourth-order valence-corrected chi connectivity index (χ4v) is 3.95. The monoisotopic (exact) mass is 265 g/mol. The summed E-state index contributed by atoms with van der Waals surface area (Å²) < 4.78 is 2.12. The maximum absolute atomic E-state index is 5.66. The van der Waals surface area contributed by atoms with Crippen LogP contribution >= 0.6 is 23.1 Å². The molecular formula is C12H15N3S2. The molecule has 3 nitrogen and oxygen atoms in total. The Hall–Kier alpha value is -0.780. The summed E-state index contributed by atoms with van der Waals surface area (Å²) in [5.41, 5.74) is 9.66. The third-order valence-corrected chi connectivity index (χ3v) is 4.85. The molecule has 0 aliphatic carbocycles. The van der Waals surface area contributed by atoms with E-state index in [0.29, 0.717) is 6.54 Å². The molecule has 0 spiro atoms. The highest BCUT2D eigenvalue weighted by Crippen LogP contribution is 2.34. The summed E-state index contributed by atoms with van der Waals surface area (Å²) in [6.45, 7) is 1.49. The zero-order valence-electron chi connectivity index (χ0n) is 9.56. The Balaban J connectivity index is 2.09. The van der Waals surface area contributed by atoms with Crippen molar-refractivity contribution in [2.75, 3.05) is 12.3 Å². The van der Waals surface area contributed by atoms with Crippen LogP contribution in [0.25, 0.3) is 10.6 Å². The molecule has 0 fully saturated rings. The first kappa shape index (κ1) is 11.3. The molecule has 2 N–H and O–H groups in total. The van der Waals surface area contributed by atoms with Gasteiger partial charge < -0.3 is 5.73 Å². The first-order valence-corrected chi connectivity index (χ1v) is 7.84. The Kier molecular flexibility index (Phi) is 3.22. The van der Waals surface area contributed by atoms with Crippen LogP contribution in [0.2, 0.25) is 0 Å². The van der Waals surface area contributed by atoms with Crippen molar-refractivity contribution in [3.05, 3.63) is 28.8 Å². The topological polar surface area (TPSA) is 43.8 Å². The summed E-state index contributed by atoms with van der Waals surface area (Å²) in [5, 5.41) is 6.87. The molecule has 0 atom stereocenters.